The molecule has 174 valence electrons. The van der Waals surface area contributed by atoms with Crippen LogP contribution in [0.4, 0.5) is 11.6 Å². The second-order valence-electron chi connectivity index (χ2n) is 7.95. The van der Waals surface area contributed by atoms with Crippen LogP contribution >= 0.6 is 11.6 Å². The van der Waals surface area contributed by atoms with Crippen LogP contribution < -0.4 is 20.9 Å². The lowest BCUT2D eigenvalue weighted by atomic mass is 10.1. The molecular weight excluding hydrogens is 454 g/mol. The first kappa shape index (κ1) is 22.1. The zero-order valence-corrected chi connectivity index (χ0v) is 19.2. The van der Waals surface area contributed by atoms with E-state index in [2.05, 4.69) is 27.2 Å². The van der Waals surface area contributed by atoms with Crippen molar-refractivity contribution in [3.05, 3.63) is 76.7 Å². The highest BCUT2D eigenvalue weighted by molar-refractivity contribution is 6.30. The molecule has 10 heteroatoms. The number of allylic oxidation sites excluding steroid dienone is 1. The highest BCUT2D eigenvalue weighted by atomic mass is 35.5. The smallest absolute Gasteiger partial charge is 0.278 e. The van der Waals surface area contributed by atoms with E-state index in [4.69, 9.17) is 21.3 Å². The molecule has 4 aromatic rings. The van der Waals surface area contributed by atoms with Crippen molar-refractivity contribution in [2.75, 3.05) is 18.4 Å². The van der Waals surface area contributed by atoms with Crippen molar-refractivity contribution in [3.8, 4) is 11.7 Å². The van der Waals surface area contributed by atoms with Gasteiger partial charge in [-0.2, -0.15) is 9.97 Å². The van der Waals surface area contributed by atoms with E-state index < -0.39 is 0 Å². The van der Waals surface area contributed by atoms with Crippen LogP contribution in [-0.2, 0) is 6.54 Å². The summed E-state index contributed by atoms with van der Waals surface area (Å²) in [5.41, 5.74) is 0.989. The van der Waals surface area contributed by atoms with Crippen molar-refractivity contribution in [3.63, 3.8) is 0 Å². The number of halogens is 1. The molecule has 1 fully saturated rings. The largest absolute Gasteiger partial charge is 0.474 e. The summed E-state index contributed by atoms with van der Waals surface area (Å²) in [5, 5.41) is 7.50. The third kappa shape index (κ3) is 4.52. The minimum absolute atomic E-state index is 0.110. The normalized spacial score (nSPS) is 14.3. The van der Waals surface area contributed by atoms with Crippen LogP contribution in [0.5, 0.6) is 5.88 Å². The number of fused-ring (bicyclic) bond motifs is 1. The quantitative estimate of drug-likeness (QED) is 0.391. The number of anilines is 2. The average molecular weight is 478 g/mol. The van der Waals surface area contributed by atoms with Gasteiger partial charge in [0.1, 0.15) is 11.5 Å². The van der Waals surface area contributed by atoms with E-state index >= 15 is 0 Å². The van der Waals surface area contributed by atoms with Crippen LogP contribution in [0.25, 0.3) is 16.9 Å². The van der Waals surface area contributed by atoms with Gasteiger partial charge in [-0.25, -0.2) is 14.3 Å². The topological polar surface area (TPSA) is 98.9 Å². The Labute approximate surface area is 201 Å². The summed E-state index contributed by atoms with van der Waals surface area (Å²) in [7, 11) is 0. The summed E-state index contributed by atoms with van der Waals surface area (Å²) in [6, 6.07) is 12.7. The number of pyridine rings is 1. The zero-order chi connectivity index (χ0) is 23.5. The van der Waals surface area contributed by atoms with E-state index in [1.165, 1.54) is 10.9 Å². The molecule has 0 aliphatic carbocycles. The molecular formula is C24H24ClN7O2. The van der Waals surface area contributed by atoms with Gasteiger partial charge in [0.05, 0.1) is 6.54 Å². The minimum Gasteiger partial charge on any atom is -0.474 e. The molecule has 5 rings (SSSR count). The Kier molecular flexibility index (Phi) is 6.29. The molecule has 1 saturated heterocycles. The fourth-order valence-corrected chi connectivity index (χ4v) is 4.07. The number of nitrogens with one attached hydrogen (secondary N) is 2. The fraction of sp³-hybridized carbons (Fsp3) is 0.250. The van der Waals surface area contributed by atoms with Crippen LogP contribution in [0.3, 0.4) is 0 Å². The van der Waals surface area contributed by atoms with E-state index in [0.29, 0.717) is 33.7 Å². The third-order valence-electron chi connectivity index (χ3n) is 5.58. The zero-order valence-electron chi connectivity index (χ0n) is 18.4. The highest BCUT2D eigenvalue weighted by Gasteiger charge is 2.19. The molecule has 9 nitrogen and oxygen atoms in total. The van der Waals surface area contributed by atoms with Crippen molar-refractivity contribution in [1.29, 1.82) is 0 Å². The number of rotatable bonds is 7. The SMILES string of the molecule is C=CCn1c(=O)c2cnc(Nc3ccc(Cl)cc3)nc2n1-c1cccc(OC2CCNCC2)n1. The lowest BCUT2D eigenvalue weighted by molar-refractivity contribution is 0.156. The maximum atomic E-state index is 13.1. The number of ether oxygens (including phenoxy) is 1. The maximum absolute atomic E-state index is 13.1. The molecule has 0 bridgehead atoms. The molecule has 1 aliphatic rings. The summed E-state index contributed by atoms with van der Waals surface area (Å²) in [4.78, 5) is 26.8. The van der Waals surface area contributed by atoms with Gasteiger partial charge >= 0.3 is 0 Å². The summed E-state index contributed by atoms with van der Waals surface area (Å²) < 4.78 is 9.34. The van der Waals surface area contributed by atoms with E-state index in [0.717, 1.165) is 31.6 Å². The Balaban J connectivity index is 1.56. The van der Waals surface area contributed by atoms with E-state index in [1.54, 1.807) is 22.9 Å². The predicted octanol–water partition coefficient (Wildman–Crippen LogP) is 3.69. The first-order valence-electron chi connectivity index (χ1n) is 11.1. The first-order chi connectivity index (χ1) is 16.6. The summed E-state index contributed by atoms with van der Waals surface area (Å²) in [6.07, 6.45) is 5.14. The Hall–Kier alpha value is -3.69. The second-order valence-corrected chi connectivity index (χ2v) is 8.39. The van der Waals surface area contributed by atoms with Crippen molar-refractivity contribution >= 4 is 34.3 Å². The number of aromatic nitrogens is 5. The summed E-state index contributed by atoms with van der Waals surface area (Å²) in [6.45, 7) is 5.93. The second kappa shape index (κ2) is 9.66. The van der Waals surface area contributed by atoms with Gasteiger partial charge < -0.3 is 15.4 Å². The van der Waals surface area contributed by atoms with Crippen LogP contribution in [-0.4, -0.2) is 43.5 Å². The molecule has 0 radical (unpaired) electrons. The van der Waals surface area contributed by atoms with Gasteiger partial charge in [0, 0.05) is 23.0 Å². The van der Waals surface area contributed by atoms with Gasteiger partial charge in [-0.1, -0.05) is 23.7 Å². The molecule has 0 spiro atoms. The van der Waals surface area contributed by atoms with Crippen molar-refractivity contribution < 1.29 is 4.74 Å². The van der Waals surface area contributed by atoms with E-state index in [1.807, 2.05) is 30.3 Å². The minimum atomic E-state index is -0.223. The number of benzene rings is 1. The Morgan fingerprint density at radius 3 is 2.74 bits per heavy atom. The van der Waals surface area contributed by atoms with E-state index in [9.17, 15) is 4.79 Å². The third-order valence-corrected chi connectivity index (χ3v) is 5.83. The first-order valence-corrected chi connectivity index (χ1v) is 11.5. The summed E-state index contributed by atoms with van der Waals surface area (Å²) in [5.74, 6) is 1.38. The number of piperidine rings is 1. The Morgan fingerprint density at radius 1 is 1.18 bits per heavy atom. The molecule has 1 aliphatic heterocycles. The van der Waals surface area contributed by atoms with Gasteiger partial charge in [0.15, 0.2) is 11.5 Å². The van der Waals surface area contributed by atoms with Gasteiger partial charge in [0.25, 0.3) is 5.56 Å². The molecule has 1 aromatic carbocycles. The van der Waals surface area contributed by atoms with Crippen LogP contribution in [0.1, 0.15) is 12.8 Å². The molecule has 3 aromatic heterocycles. The number of hydrogen-bond acceptors (Lipinski definition) is 7. The van der Waals surface area contributed by atoms with Gasteiger partial charge in [-0.15, -0.1) is 6.58 Å². The Bertz CT molecular complexity index is 1370. The van der Waals surface area contributed by atoms with Gasteiger partial charge in [-0.05, 0) is 56.3 Å². The number of nitrogens with zero attached hydrogens (tertiary/aromatic N) is 5. The molecule has 0 unspecified atom stereocenters. The average Bonchev–Trinajstić information content (AvgIpc) is 3.12. The molecule has 0 atom stereocenters. The monoisotopic (exact) mass is 477 g/mol. The van der Waals surface area contributed by atoms with Crippen molar-refractivity contribution in [2.45, 2.75) is 25.5 Å². The van der Waals surface area contributed by atoms with Crippen LogP contribution in [0.2, 0.25) is 5.02 Å². The molecule has 0 saturated carbocycles. The highest BCUT2D eigenvalue weighted by Crippen LogP contribution is 2.21. The van der Waals surface area contributed by atoms with Gasteiger partial charge in [-0.3, -0.25) is 4.79 Å². The van der Waals surface area contributed by atoms with Crippen LogP contribution in [0, 0.1) is 0 Å². The lowest BCUT2D eigenvalue weighted by Gasteiger charge is -2.23. The van der Waals surface area contributed by atoms with Crippen molar-refractivity contribution in [1.82, 2.24) is 29.6 Å². The fourth-order valence-electron chi connectivity index (χ4n) is 3.94. The lowest BCUT2D eigenvalue weighted by Crippen LogP contribution is -2.34. The molecule has 2 N–H and O–H groups in total. The van der Waals surface area contributed by atoms with Gasteiger partial charge in [0.2, 0.25) is 11.8 Å². The molecule has 34 heavy (non-hydrogen) atoms. The Morgan fingerprint density at radius 2 is 1.97 bits per heavy atom. The van der Waals surface area contributed by atoms with Crippen molar-refractivity contribution in [2.24, 2.45) is 0 Å². The predicted molar refractivity (Wildman–Crippen MR) is 132 cm³/mol. The molecule has 0 amide bonds. The summed E-state index contributed by atoms with van der Waals surface area (Å²) >= 11 is 5.98. The molecule has 4 heterocycles. The maximum Gasteiger partial charge on any atom is 0.278 e. The standard InChI is InChI=1S/C24H24ClN7O2/c1-2-14-31-23(33)19-15-27-24(28-17-8-6-16(25)7-9-17)30-22(19)32(31)20-4-3-5-21(29-20)34-18-10-12-26-13-11-18/h2-9,15,18,26H,1,10-14H2,(H,27,28,30). The van der Waals surface area contributed by atoms with E-state index in [-0.39, 0.29) is 18.2 Å². The van der Waals surface area contributed by atoms with Crippen LogP contribution in [0.15, 0.2) is 66.1 Å². The number of hydrogen-bond donors (Lipinski definition) is 2.